The van der Waals surface area contributed by atoms with E-state index in [1.807, 2.05) is 19.9 Å². The number of amidine groups is 1. The molecule has 2 fully saturated rings. The van der Waals surface area contributed by atoms with Crippen LogP contribution in [-0.2, 0) is 9.47 Å². The van der Waals surface area contributed by atoms with E-state index in [0.29, 0.717) is 48.9 Å². The number of nitrogens with one attached hydrogen (secondary N) is 1. The minimum Gasteiger partial charge on any atom is -0.485 e. The Morgan fingerprint density at radius 3 is 2.12 bits per heavy atom. The highest BCUT2D eigenvalue weighted by atomic mass is 16.6. The van der Waals surface area contributed by atoms with E-state index in [1.54, 1.807) is 47.4 Å². The summed E-state index contributed by atoms with van der Waals surface area (Å²) in [5.74, 6) is 1.29. The first-order valence-corrected chi connectivity index (χ1v) is 10.9. The van der Waals surface area contributed by atoms with Crippen molar-refractivity contribution in [2.45, 2.75) is 38.3 Å². The molecule has 2 heterocycles. The van der Waals surface area contributed by atoms with Gasteiger partial charge in [0.1, 0.15) is 29.5 Å². The predicted octanol–water partition coefficient (Wildman–Crippen LogP) is 2.45. The highest BCUT2D eigenvalue weighted by Crippen LogP contribution is 2.32. The van der Waals surface area contributed by atoms with Crippen LogP contribution >= 0.6 is 0 Å². The van der Waals surface area contributed by atoms with Gasteiger partial charge >= 0.3 is 0 Å². The van der Waals surface area contributed by atoms with Gasteiger partial charge in [0, 0.05) is 24.2 Å². The quantitative estimate of drug-likeness (QED) is 0.483. The highest BCUT2D eigenvalue weighted by molar-refractivity contribution is 5.95. The molecule has 8 nitrogen and oxygen atoms in total. The lowest BCUT2D eigenvalue weighted by molar-refractivity contribution is 0.0181. The van der Waals surface area contributed by atoms with Crippen molar-refractivity contribution in [3.8, 4) is 11.5 Å². The Labute approximate surface area is 187 Å². The van der Waals surface area contributed by atoms with E-state index in [2.05, 4.69) is 0 Å². The molecule has 1 amide bonds. The second-order valence-electron chi connectivity index (χ2n) is 7.85. The fourth-order valence-corrected chi connectivity index (χ4v) is 4.09. The molecule has 32 heavy (non-hydrogen) atoms. The van der Waals surface area contributed by atoms with Gasteiger partial charge in [-0.2, -0.15) is 0 Å². The van der Waals surface area contributed by atoms with E-state index in [9.17, 15) is 4.79 Å². The Hall–Kier alpha value is -3.10. The lowest BCUT2D eigenvalue weighted by Crippen LogP contribution is -2.36. The number of nitrogens with zero attached hydrogens (tertiary/aromatic N) is 1. The van der Waals surface area contributed by atoms with Gasteiger partial charge in [-0.05, 0) is 50.2 Å². The second kappa shape index (κ2) is 9.58. The molecule has 0 saturated carbocycles. The molecule has 2 aliphatic heterocycles. The summed E-state index contributed by atoms with van der Waals surface area (Å²) in [5, 5.41) is 7.58. The number of hydrogen-bond donors (Lipinski definition) is 2. The third-order valence-corrected chi connectivity index (χ3v) is 5.83. The van der Waals surface area contributed by atoms with Gasteiger partial charge in [-0.1, -0.05) is 12.1 Å². The van der Waals surface area contributed by atoms with Crippen LogP contribution in [0.1, 0.15) is 29.8 Å². The molecule has 2 aliphatic rings. The lowest BCUT2D eigenvalue weighted by Gasteiger charge is -2.20. The lowest BCUT2D eigenvalue weighted by atomic mass is 10.1. The summed E-state index contributed by atoms with van der Waals surface area (Å²) in [6.07, 6.45) is -1.02. The summed E-state index contributed by atoms with van der Waals surface area (Å²) < 4.78 is 24.1. The molecular formula is C24H29N3O5. The average molecular weight is 440 g/mol. The van der Waals surface area contributed by atoms with E-state index in [0.717, 1.165) is 0 Å². The largest absolute Gasteiger partial charge is 0.485 e. The van der Waals surface area contributed by atoms with Gasteiger partial charge in [-0.15, -0.1) is 0 Å². The SMILES string of the molecule is CCN(CC)C(=O)c1ccc(O[C@@H]2CO[C@H]3[C@@H]2OC[C@@H]3Oc2cccc(C(=N)N)c2)cc1. The molecule has 8 heteroatoms. The van der Waals surface area contributed by atoms with Crippen LogP contribution in [0.2, 0.25) is 0 Å². The standard InChI is InChI=1S/C24H29N3O5/c1-3-27(4-2)24(28)15-8-10-17(11-9-15)31-19-13-29-22-20(14-30-21(19)22)32-18-7-5-6-16(12-18)23(25)26/h5-12,19-22H,3-4,13-14H2,1-2H3,(H3,25,26)/t19-,20+,21-,22-/m1/s1. The molecule has 170 valence electrons. The van der Waals surface area contributed by atoms with Crippen LogP contribution in [0.5, 0.6) is 11.5 Å². The van der Waals surface area contributed by atoms with Crippen molar-refractivity contribution in [2.75, 3.05) is 26.3 Å². The first-order valence-electron chi connectivity index (χ1n) is 10.9. The summed E-state index contributed by atoms with van der Waals surface area (Å²) in [5.41, 5.74) is 6.81. The van der Waals surface area contributed by atoms with Crippen molar-refractivity contribution in [1.82, 2.24) is 4.90 Å². The monoisotopic (exact) mass is 439 g/mol. The molecular weight excluding hydrogens is 410 g/mol. The number of nitrogens with two attached hydrogens (primary N) is 1. The van der Waals surface area contributed by atoms with Gasteiger partial charge in [0.05, 0.1) is 13.2 Å². The zero-order chi connectivity index (χ0) is 22.7. The average Bonchev–Trinajstić information content (AvgIpc) is 3.38. The molecule has 0 bridgehead atoms. The highest BCUT2D eigenvalue weighted by Gasteiger charge is 2.50. The Morgan fingerprint density at radius 1 is 0.969 bits per heavy atom. The summed E-state index contributed by atoms with van der Waals surface area (Å²) >= 11 is 0. The molecule has 3 N–H and O–H groups in total. The molecule has 0 spiro atoms. The number of fused-ring (bicyclic) bond motifs is 1. The van der Waals surface area contributed by atoms with Crippen molar-refractivity contribution in [2.24, 2.45) is 5.73 Å². The number of rotatable bonds is 8. The fourth-order valence-electron chi connectivity index (χ4n) is 4.09. The van der Waals surface area contributed by atoms with Gasteiger partial charge in [0.25, 0.3) is 5.91 Å². The normalized spacial score (nSPS) is 24.1. The maximum absolute atomic E-state index is 12.5. The zero-order valence-electron chi connectivity index (χ0n) is 18.3. The predicted molar refractivity (Wildman–Crippen MR) is 119 cm³/mol. The third kappa shape index (κ3) is 4.56. The maximum atomic E-state index is 12.5. The van der Waals surface area contributed by atoms with E-state index >= 15 is 0 Å². The molecule has 0 radical (unpaired) electrons. The Bertz CT molecular complexity index is 960. The van der Waals surface area contributed by atoms with Crippen molar-refractivity contribution in [3.05, 3.63) is 59.7 Å². The van der Waals surface area contributed by atoms with Crippen molar-refractivity contribution in [1.29, 1.82) is 5.41 Å². The van der Waals surface area contributed by atoms with Crippen LogP contribution in [0, 0.1) is 5.41 Å². The van der Waals surface area contributed by atoms with Gasteiger partial charge < -0.3 is 29.6 Å². The molecule has 4 atom stereocenters. The van der Waals surface area contributed by atoms with Crippen LogP contribution in [0.25, 0.3) is 0 Å². The minimum atomic E-state index is -0.273. The Kier molecular flexibility index (Phi) is 6.62. The first-order chi connectivity index (χ1) is 15.5. The number of nitrogen functional groups attached to an aromatic ring is 1. The number of carbonyl (C=O) groups excluding carboxylic acids is 1. The molecule has 2 aromatic carbocycles. The summed E-state index contributed by atoms with van der Waals surface area (Å²) in [6, 6.07) is 14.3. The van der Waals surface area contributed by atoms with Crippen molar-refractivity contribution >= 4 is 11.7 Å². The molecule has 0 aromatic heterocycles. The van der Waals surface area contributed by atoms with Crippen molar-refractivity contribution in [3.63, 3.8) is 0 Å². The van der Waals surface area contributed by atoms with Crippen LogP contribution in [0.15, 0.2) is 48.5 Å². The van der Waals surface area contributed by atoms with Gasteiger partial charge in [-0.25, -0.2) is 0 Å². The number of amides is 1. The Morgan fingerprint density at radius 2 is 1.56 bits per heavy atom. The summed E-state index contributed by atoms with van der Waals surface area (Å²) in [6.45, 7) is 6.06. The molecule has 2 aromatic rings. The number of hydrogen-bond acceptors (Lipinski definition) is 6. The third-order valence-electron chi connectivity index (χ3n) is 5.83. The smallest absolute Gasteiger partial charge is 0.253 e. The molecule has 0 aliphatic carbocycles. The molecule has 0 unspecified atom stereocenters. The summed E-state index contributed by atoms with van der Waals surface area (Å²) in [4.78, 5) is 14.3. The Balaban J connectivity index is 1.36. The maximum Gasteiger partial charge on any atom is 0.253 e. The zero-order valence-corrected chi connectivity index (χ0v) is 18.3. The van der Waals surface area contributed by atoms with Gasteiger partial charge in [0.2, 0.25) is 0 Å². The fraction of sp³-hybridized carbons (Fsp3) is 0.417. The van der Waals surface area contributed by atoms with Gasteiger partial charge in [0.15, 0.2) is 12.2 Å². The first kappa shape index (κ1) is 22.1. The van der Waals surface area contributed by atoms with E-state index < -0.39 is 0 Å². The van der Waals surface area contributed by atoms with Crippen LogP contribution in [0.3, 0.4) is 0 Å². The number of benzene rings is 2. The molecule has 4 rings (SSSR count). The number of carbonyl (C=O) groups is 1. The van der Waals surface area contributed by atoms with E-state index in [1.165, 1.54) is 0 Å². The molecule has 2 saturated heterocycles. The van der Waals surface area contributed by atoms with Crippen LogP contribution in [-0.4, -0.2) is 67.4 Å². The number of ether oxygens (including phenoxy) is 4. The van der Waals surface area contributed by atoms with E-state index in [-0.39, 0.29) is 36.2 Å². The van der Waals surface area contributed by atoms with Crippen LogP contribution in [0.4, 0.5) is 0 Å². The minimum absolute atomic E-state index is 0.00797. The topological polar surface area (TPSA) is 107 Å². The van der Waals surface area contributed by atoms with E-state index in [4.69, 9.17) is 30.1 Å². The summed E-state index contributed by atoms with van der Waals surface area (Å²) in [7, 11) is 0. The van der Waals surface area contributed by atoms with Gasteiger partial charge in [-0.3, -0.25) is 10.2 Å². The van der Waals surface area contributed by atoms with Crippen LogP contribution < -0.4 is 15.2 Å². The van der Waals surface area contributed by atoms with Crippen molar-refractivity contribution < 1.29 is 23.7 Å². The second-order valence-corrected chi connectivity index (χ2v) is 7.85.